The van der Waals surface area contributed by atoms with Gasteiger partial charge < -0.3 is 10.6 Å². The van der Waals surface area contributed by atoms with Crippen molar-refractivity contribution in [3.63, 3.8) is 0 Å². The van der Waals surface area contributed by atoms with E-state index in [0.29, 0.717) is 9.47 Å². The van der Waals surface area contributed by atoms with E-state index < -0.39 is 6.03 Å². The van der Waals surface area contributed by atoms with Crippen molar-refractivity contribution in [3.8, 4) is 0 Å². The summed E-state index contributed by atoms with van der Waals surface area (Å²) >= 11 is 2.60. The molecule has 0 saturated heterocycles. The number of thioether (sulfide) groups is 1. The summed E-state index contributed by atoms with van der Waals surface area (Å²) in [4.78, 5) is 23.4. The fourth-order valence-electron chi connectivity index (χ4n) is 1.73. The zero-order valence-electron chi connectivity index (χ0n) is 14.3. The Hall–Kier alpha value is -2.13. The van der Waals surface area contributed by atoms with Gasteiger partial charge in [-0.25, -0.2) is 4.79 Å². The predicted molar refractivity (Wildman–Crippen MR) is 102 cm³/mol. The average molecular weight is 380 g/mol. The van der Waals surface area contributed by atoms with Crippen molar-refractivity contribution in [1.82, 2.24) is 20.8 Å². The van der Waals surface area contributed by atoms with Crippen LogP contribution in [0.5, 0.6) is 0 Å². The van der Waals surface area contributed by atoms with Crippen LogP contribution < -0.4 is 16.0 Å². The summed E-state index contributed by atoms with van der Waals surface area (Å²) in [7, 11) is 0. The molecule has 1 heterocycles. The molecule has 1 atom stereocenters. The van der Waals surface area contributed by atoms with Gasteiger partial charge in [-0.2, -0.15) is 0 Å². The van der Waals surface area contributed by atoms with Crippen molar-refractivity contribution >= 4 is 45.9 Å². The van der Waals surface area contributed by atoms with E-state index in [1.54, 1.807) is 0 Å². The molecule has 0 radical (unpaired) electrons. The Balaban J connectivity index is 1.78. The van der Waals surface area contributed by atoms with Gasteiger partial charge in [0.15, 0.2) is 4.34 Å². The van der Waals surface area contributed by atoms with Gasteiger partial charge in [-0.1, -0.05) is 47.7 Å². The molecule has 7 nitrogen and oxygen atoms in total. The first-order valence-electron chi connectivity index (χ1n) is 7.86. The van der Waals surface area contributed by atoms with Crippen LogP contribution in [-0.2, 0) is 4.79 Å². The number of rotatable bonds is 7. The number of hydrogen-bond donors (Lipinski definition) is 3. The van der Waals surface area contributed by atoms with Gasteiger partial charge in [0.2, 0.25) is 11.0 Å². The standard InChI is InChI=1S/C16H21N5O2S2/c1-4-11(3)17-14(23)19-13(22)9-24-16-21-20-15(25-16)18-12-7-5-10(2)6-8-12/h5-8,11H,4,9H2,1-3H3,(H,18,20)(H2,17,19,22,23)/t11-/m0/s1. The van der Waals surface area contributed by atoms with E-state index in [1.165, 1.54) is 28.7 Å². The van der Waals surface area contributed by atoms with Gasteiger partial charge in [-0.3, -0.25) is 10.1 Å². The Kier molecular flexibility index (Phi) is 7.20. The summed E-state index contributed by atoms with van der Waals surface area (Å²) in [6.07, 6.45) is 0.803. The molecular weight excluding hydrogens is 358 g/mol. The molecule has 0 saturated carbocycles. The largest absolute Gasteiger partial charge is 0.335 e. The topological polar surface area (TPSA) is 96.0 Å². The van der Waals surface area contributed by atoms with Crippen LogP contribution in [0, 0.1) is 6.92 Å². The van der Waals surface area contributed by atoms with Crippen molar-refractivity contribution in [2.45, 2.75) is 37.6 Å². The number of aryl methyl sites for hydroxylation is 1. The number of urea groups is 1. The molecule has 0 bridgehead atoms. The summed E-state index contributed by atoms with van der Waals surface area (Å²) in [5.74, 6) is -0.262. The third-order valence-electron chi connectivity index (χ3n) is 3.28. The molecule has 1 aromatic heterocycles. The van der Waals surface area contributed by atoms with Crippen molar-refractivity contribution < 1.29 is 9.59 Å². The number of anilines is 2. The summed E-state index contributed by atoms with van der Waals surface area (Å²) in [6, 6.07) is 7.50. The Morgan fingerprint density at radius 2 is 1.96 bits per heavy atom. The number of carbonyl (C=O) groups excluding carboxylic acids is 2. The smallest absolute Gasteiger partial charge is 0.321 e. The maximum absolute atomic E-state index is 11.8. The van der Waals surface area contributed by atoms with Crippen molar-refractivity contribution in [1.29, 1.82) is 0 Å². The maximum atomic E-state index is 11.8. The van der Waals surface area contributed by atoms with Gasteiger partial charge in [-0.05, 0) is 32.4 Å². The number of hydrogen-bond acceptors (Lipinski definition) is 7. The van der Waals surface area contributed by atoms with Crippen molar-refractivity contribution in [2.75, 3.05) is 11.1 Å². The molecule has 0 aliphatic heterocycles. The molecule has 3 N–H and O–H groups in total. The minimum atomic E-state index is -0.473. The first kappa shape index (κ1) is 19.2. The van der Waals surface area contributed by atoms with Gasteiger partial charge in [0.25, 0.3) is 0 Å². The van der Waals surface area contributed by atoms with Gasteiger partial charge >= 0.3 is 6.03 Å². The summed E-state index contributed by atoms with van der Waals surface area (Å²) in [5, 5.41) is 16.9. The number of nitrogens with zero attached hydrogens (tertiary/aromatic N) is 2. The Labute approximate surface area is 155 Å². The lowest BCUT2D eigenvalue weighted by atomic mass is 10.2. The van der Waals surface area contributed by atoms with E-state index in [9.17, 15) is 9.59 Å². The Morgan fingerprint density at radius 1 is 1.24 bits per heavy atom. The second kappa shape index (κ2) is 9.38. The third-order valence-corrected chi connectivity index (χ3v) is 5.25. The number of nitrogens with one attached hydrogen (secondary N) is 3. The van der Waals surface area contributed by atoms with Crippen LogP contribution in [-0.4, -0.2) is 33.9 Å². The Bertz CT molecular complexity index is 718. The fraction of sp³-hybridized carbons (Fsp3) is 0.375. The first-order chi connectivity index (χ1) is 12.0. The van der Waals surface area contributed by atoms with E-state index in [2.05, 4.69) is 26.1 Å². The molecular formula is C16H21N5O2S2. The van der Waals surface area contributed by atoms with Gasteiger partial charge in [-0.15, -0.1) is 10.2 Å². The Morgan fingerprint density at radius 3 is 2.64 bits per heavy atom. The van der Waals surface area contributed by atoms with Crippen LogP contribution in [0.15, 0.2) is 28.6 Å². The number of aromatic nitrogens is 2. The molecule has 3 amide bonds. The second-order valence-electron chi connectivity index (χ2n) is 5.48. The minimum absolute atomic E-state index is 0.0269. The molecule has 2 aromatic rings. The second-order valence-corrected chi connectivity index (χ2v) is 7.68. The molecule has 25 heavy (non-hydrogen) atoms. The lowest BCUT2D eigenvalue weighted by Gasteiger charge is -2.11. The van der Waals surface area contributed by atoms with E-state index in [0.717, 1.165) is 12.1 Å². The molecule has 0 unspecified atom stereocenters. The number of amides is 3. The van der Waals surface area contributed by atoms with Gasteiger partial charge in [0.1, 0.15) is 0 Å². The van der Waals surface area contributed by atoms with Crippen LogP contribution in [0.25, 0.3) is 0 Å². The van der Waals surface area contributed by atoms with Crippen LogP contribution in [0.1, 0.15) is 25.8 Å². The van der Waals surface area contributed by atoms with E-state index in [-0.39, 0.29) is 17.7 Å². The monoisotopic (exact) mass is 379 g/mol. The molecule has 2 rings (SSSR count). The summed E-state index contributed by atoms with van der Waals surface area (Å²) in [6.45, 7) is 5.86. The van der Waals surface area contributed by atoms with Gasteiger partial charge in [0, 0.05) is 11.7 Å². The highest BCUT2D eigenvalue weighted by atomic mass is 32.2. The highest BCUT2D eigenvalue weighted by molar-refractivity contribution is 8.01. The number of benzene rings is 1. The number of carbonyl (C=O) groups is 2. The van der Waals surface area contributed by atoms with Crippen molar-refractivity contribution in [2.24, 2.45) is 0 Å². The van der Waals surface area contributed by atoms with Crippen LogP contribution >= 0.6 is 23.1 Å². The molecule has 0 fully saturated rings. The normalized spacial score (nSPS) is 11.6. The van der Waals surface area contributed by atoms with Crippen LogP contribution in [0.4, 0.5) is 15.6 Å². The van der Waals surface area contributed by atoms with E-state index in [4.69, 9.17) is 0 Å². The van der Waals surface area contributed by atoms with E-state index >= 15 is 0 Å². The molecule has 0 aliphatic rings. The highest BCUT2D eigenvalue weighted by Crippen LogP contribution is 2.27. The van der Waals surface area contributed by atoms with E-state index in [1.807, 2.05) is 45.0 Å². The molecule has 9 heteroatoms. The lowest BCUT2D eigenvalue weighted by molar-refractivity contribution is -0.117. The maximum Gasteiger partial charge on any atom is 0.321 e. The quantitative estimate of drug-likeness (QED) is 0.639. The first-order valence-corrected chi connectivity index (χ1v) is 9.66. The molecule has 1 aromatic carbocycles. The van der Waals surface area contributed by atoms with Crippen molar-refractivity contribution in [3.05, 3.63) is 29.8 Å². The predicted octanol–water partition coefficient (Wildman–Crippen LogP) is 3.31. The zero-order chi connectivity index (χ0) is 18.2. The lowest BCUT2D eigenvalue weighted by Crippen LogP contribution is -2.43. The number of imide groups is 1. The average Bonchev–Trinajstić information content (AvgIpc) is 3.02. The minimum Gasteiger partial charge on any atom is -0.335 e. The zero-order valence-corrected chi connectivity index (χ0v) is 16.0. The fourth-order valence-corrected chi connectivity index (χ4v) is 3.30. The van der Waals surface area contributed by atoms with Gasteiger partial charge in [0.05, 0.1) is 5.75 Å². The highest BCUT2D eigenvalue weighted by Gasteiger charge is 2.12. The van der Waals surface area contributed by atoms with Crippen LogP contribution in [0.2, 0.25) is 0 Å². The third kappa shape index (κ3) is 6.71. The molecule has 134 valence electrons. The summed E-state index contributed by atoms with van der Waals surface area (Å²) in [5.41, 5.74) is 2.11. The molecule has 0 spiro atoms. The SMILES string of the molecule is CC[C@H](C)NC(=O)NC(=O)CSc1nnc(Nc2ccc(C)cc2)s1. The van der Waals surface area contributed by atoms with Crippen LogP contribution in [0.3, 0.4) is 0 Å². The summed E-state index contributed by atoms with van der Waals surface area (Å²) < 4.78 is 0.659. The molecule has 0 aliphatic carbocycles.